The Labute approximate surface area is 95.7 Å². The zero-order valence-corrected chi connectivity index (χ0v) is 10.1. The molecule has 0 N–H and O–H groups in total. The van der Waals surface area contributed by atoms with Crippen molar-refractivity contribution in [2.45, 2.75) is 6.92 Å². The SMILES string of the molecule is COc1cccc2c(N(C)C)cc(C)nc12. The number of fused-ring (bicyclic) bond motifs is 1. The van der Waals surface area contributed by atoms with E-state index in [0.717, 1.165) is 22.3 Å². The molecule has 2 rings (SSSR count). The van der Waals surface area contributed by atoms with E-state index in [-0.39, 0.29) is 0 Å². The molecule has 0 spiro atoms. The molecule has 0 saturated carbocycles. The average molecular weight is 216 g/mol. The largest absolute Gasteiger partial charge is 0.494 e. The first-order valence-corrected chi connectivity index (χ1v) is 5.25. The van der Waals surface area contributed by atoms with Gasteiger partial charge in [0.2, 0.25) is 0 Å². The summed E-state index contributed by atoms with van der Waals surface area (Å²) in [6, 6.07) is 8.08. The molecular formula is C13H16N2O. The fourth-order valence-corrected chi connectivity index (χ4v) is 1.86. The van der Waals surface area contributed by atoms with Crippen LogP contribution in [-0.4, -0.2) is 26.2 Å². The van der Waals surface area contributed by atoms with E-state index in [1.54, 1.807) is 7.11 Å². The highest BCUT2D eigenvalue weighted by molar-refractivity contribution is 5.95. The van der Waals surface area contributed by atoms with Crippen LogP contribution >= 0.6 is 0 Å². The van der Waals surface area contributed by atoms with E-state index in [2.05, 4.69) is 22.0 Å². The molecule has 0 fully saturated rings. The monoisotopic (exact) mass is 216 g/mol. The normalized spacial score (nSPS) is 10.5. The van der Waals surface area contributed by atoms with Crippen molar-refractivity contribution in [2.75, 3.05) is 26.1 Å². The van der Waals surface area contributed by atoms with E-state index < -0.39 is 0 Å². The third kappa shape index (κ3) is 1.69. The molecule has 0 unspecified atom stereocenters. The van der Waals surface area contributed by atoms with Crippen molar-refractivity contribution in [1.29, 1.82) is 0 Å². The molecule has 0 aliphatic carbocycles. The number of rotatable bonds is 2. The number of anilines is 1. The number of hydrogen-bond donors (Lipinski definition) is 0. The Bertz CT molecular complexity index is 521. The molecule has 0 saturated heterocycles. The quantitative estimate of drug-likeness (QED) is 0.771. The van der Waals surface area contributed by atoms with E-state index in [1.807, 2.05) is 33.2 Å². The summed E-state index contributed by atoms with van der Waals surface area (Å²) in [4.78, 5) is 6.63. The zero-order valence-electron chi connectivity index (χ0n) is 10.1. The first-order chi connectivity index (χ1) is 7.63. The Hall–Kier alpha value is -1.77. The number of nitrogens with zero attached hydrogens (tertiary/aromatic N) is 2. The Kier molecular flexibility index (Phi) is 2.69. The average Bonchev–Trinajstić information content (AvgIpc) is 2.27. The van der Waals surface area contributed by atoms with Crippen molar-refractivity contribution in [1.82, 2.24) is 4.98 Å². The van der Waals surface area contributed by atoms with Crippen molar-refractivity contribution in [2.24, 2.45) is 0 Å². The number of benzene rings is 1. The van der Waals surface area contributed by atoms with Crippen LogP contribution in [0.5, 0.6) is 5.75 Å². The molecule has 0 aliphatic heterocycles. The number of aryl methyl sites for hydroxylation is 1. The van der Waals surface area contributed by atoms with Crippen LogP contribution in [0.2, 0.25) is 0 Å². The summed E-state index contributed by atoms with van der Waals surface area (Å²) >= 11 is 0. The molecule has 0 aliphatic rings. The van der Waals surface area contributed by atoms with E-state index in [9.17, 15) is 0 Å². The lowest BCUT2D eigenvalue weighted by molar-refractivity contribution is 0.419. The molecule has 3 nitrogen and oxygen atoms in total. The molecule has 0 bridgehead atoms. The number of hydrogen-bond acceptors (Lipinski definition) is 3. The van der Waals surface area contributed by atoms with Crippen LogP contribution in [0.25, 0.3) is 10.9 Å². The molecule has 0 amide bonds. The standard InChI is InChI=1S/C13H16N2O/c1-9-8-11(15(2)3)10-6-5-7-12(16-4)13(10)14-9/h5-8H,1-4H3. The second-order valence-electron chi connectivity index (χ2n) is 4.03. The lowest BCUT2D eigenvalue weighted by Crippen LogP contribution is -2.10. The van der Waals surface area contributed by atoms with Crippen LogP contribution in [0.4, 0.5) is 5.69 Å². The summed E-state index contributed by atoms with van der Waals surface area (Å²) in [5.74, 6) is 0.823. The maximum absolute atomic E-state index is 5.34. The van der Waals surface area contributed by atoms with Crippen LogP contribution in [0.1, 0.15) is 5.69 Å². The molecule has 1 aromatic heterocycles. The van der Waals surface area contributed by atoms with Gasteiger partial charge in [0.05, 0.1) is 7.11 Å². The second-order valence-corrected chi connectivity index (χ2v) is 4.03. The molecule has 2 aromatic rings. The Morgan fingerprint density at radius 2 is 2.00 bits per heavy atom. The Balaban J connectivity index is 2.83. The Morgan fingerprint density at radius 1 is 1.25 bits per heavy atom. The lowest BCUT2D eigenvalue weighted by Gasteiger charge is -2.17. The van der Waals surface area contributed by atoms with Crippen molar-refractivity contribution >= 4 is 16.6 Å². The number of ether oxygens (including phenoxy) is 1. The van der Waals surface area contributed by atoms with E-state index in [1.165, 1.54) is 5.69 Å². The molecule has 0 radical (unpaired) electrons. The van der Waals surface area contributed by atoms with Crippen LogP contribution in [0.15, 0.2) is 24.3 Å². The number of aromatic nitrogens is 1. The number of methoxy groups -OCH3 is 1. The van der Waals surface area contributed by atoms with Crippen LogP contribution in [0, 0.1) is 6.92 Å². The van der Waals surface area contributed by atoms with Crippen LogP contribution in [0.3, 0.4) is 0 Å². The van der Waals surface area contributed by atoms with Crippen LogP contribution in [-0.2, 0) is 0 Å². The molecule has 1 heterocycles. The van der Waals surface area contributed by atoms with Gasteiger partial charge in [0.25, 0.3) is 0 Å². The maximum Gasteiger partial charge on any atom is 0.145 e. The summed E-state index contributed by atoms with van der Waals surface area (Å²) < 4.78 is 5.34. The molecule has 0 atom stereocenters. The third-order valence-corrected chi connectivity index (χ3v) is 2.61. The van der Waals surface area contributed by atoms with Gasteiger partial charge in [0, 0.05) is 30.9 Å². The molecular weight excluding hydrogens is 200 g/mol. The summed E-state index contributed by atoms with van der Waals surface area (Å²) in [6.45, 7) is 2.00. The van der Waals surface area contributed by atoms with Gasteiger partial charge in [0.1, 0.15) is 11.3 Å². The molecule has 3 heteroatoms. The van der Waals surface area contributed by atoms with Crippen LogP contribution < -0.4 is 9.64 Å². The van der Waals surface area contributed by atoms with Gasteiger partial charge in [-0.1, -0.05) is 12.1 Å². The van der Waals surface area contributed by atoms with Gasteiger partial charge < -0.3 is 9.64 Å². The molecule has 1 aromatic carbocycles. The molecule has 16 heavy (non-hydrogen) atoms. The summed E-state index contributed by atoms with van der Waals surface area (Å²) in [6.07, 6.45) is 0. The van der Waals surface area contributed by atoms with Crippen molar-refractivity contribution in [3.8, 4) is 5.75 Å². The van der Waals surface area contributed by atoms with Gasteiger partial charge in [-0.3, -0.25) is 0 Å². The van der Waals surface area contributed by atoms with Gasteiger partial charge in [-0.25, -0.2) is 4.98 Å². The van der Waals surface area contributed by atoms with Gasteiger partial charge in [-0.05, 0) is 19.1 Å². The summed E-state index contributed by atoms with van der Waals surface area (Å²) in [7, 11) is 5.75. The van der Waals surface area contributed by atoms with E-state index in [4.69, 9.17) is 4.74 Å². The minimum Gasteiger partial charge on any atom is -0.494 e. The predicted molar refractivity (Wildman–Crippen MR) is 67.4 cm³/mol. The van der Waals surface area contributed by atoms with Crippen molar-refractivity contribution in [3.05, 3.63) is 30.0 Å². The lowest BCUT2D eigenvalue weighted by atomic mass is 10.1. The third-order valence-electron chi connectivity index (χ3n) is 2.61. The van der Waals surface area contributed by atoms with Gasteiger partial charge in [-0.15, -0.1) is 0 Å². The first kappa shape index (κ1) is 10.7. The Morgan fingerprint density at radius 3 is 2.62 bits per heavy atom. The van der Waals surface area contributed by atoms with Gasteiger partial charge in [-0.2, -0.15) is 0 Å². The van der Waals surface area contributed by atoms with Gasteiger partial charge >= 0.3 is 0 Å². The first-order valence-electron chi connectivity index (χ1n) is 5.25. The number of para-hydroxylation sites is 1. The maximum atomic E-state index is 5.34. The highest BCUT2D eigenvalue weighted by Gasteiger charge is 2.09. The van der Waals surface area contributed by atoms with Crippen molar-refractivity contribution in [3.63, 3.8) is 0 Å². The van der Waals surface area contributed by atoms with Gasteiger partial charge in [0.15, 0.2) is 0 Å². The highest BCUT2D eigenvalue weighted by atomic mass is 16.5. The zero-order chi connectivity index (χ0) is 11.7. The minimum atomic E-state index is 0.823. The summed E-state index contributed by atoms with van der Waals surface area (Å²) in [5, 5.41) is 1.12. The fourth-order valence-electron chi connectivity index (χ4n) is 1.86. The number of pyridine rings is 1. The van der Waals surface area contributed by atoms with E-state index >= 15 is 0 Å². The smallest absolute Gasteiger partial charge is 0.145 e. The summed E-state index contributed by atoms with van der Waals surface area (Å²) in [5.41, 5.74) is 3.09. The minimum absolute atomic E-state index is 0.823. The highest BCUT2D eigenvalue weighted by Crippen LogP contribution is 2.30. The van der Waals surface area contributed by atoms with Crippen molar-refractivity contribution < 1.29 is 4.74 Å². The predicted octanol–water partition coefficient (Wildman–Crippen LogP) is 2.62. The molecule has 84 valence electrons. The topological polar surface area (TPSA) is 25.4 Å². The van der Waals surface area contributed by atoms with E-state index in [0.29, 0.717) is 0 Å². The second kappa shape index (κ2) is 4.00. The fraction of sp³-hybridized carbons (Fsp3) is 0.308.